The van der Waals surface area contributed by atoms with Crippen molar-refractivity contribution in [3.05, 3.63) is 11.6 Å². The van der Waals surface area contributed by atoms with Crippen LogP contribution in [0.3, 0.4) is 0 Å². The highest BCUT2D eigenvalue weighted by molar-refractivity contribution is 4.98. The number of allylic oxidation sites excluding steroid dienone is 1. The molecule has 1 fully saturated rings. The summed E-state index contributed by atoms with van der Waals surface area (Å²) in [5, 5.41) is 12.3. The molecule has 2 N–H and O–H groups in total. The minimum atomic E-state index is 0.338. The van der Waals surface area contributed by atoms with E-state index in [1.54, 1.807) is 0 Å². The van der Waals surface area contributed by atoms with E-state index in [1.165, 1.54) is 18.4 Å². The highest BCUT2D eigenvalue weighted by atomic mass is 16.3. The maximum atomic E-state index is 8.85. The second kappa shape index (κ2) is 4.77. The van der Waals surface area contributed by atoms with Crippen molar-refractivity contribution in [1.29, 1.82) is 0 Å². The van der Waals surface area contributed by atoms with Crippen LogP contribution in [0.1, 0.15) is 33.1 Å². The van der Waals surface area contributed by atoms with Crippen LogP contribution >= 0.6 is 0 Å². The van der Waals surface area contributed by atoms with Crippen molar-refractivity contribution in [2.75, 3.05) is 19.7 Å². The lowest BCUT2D eigenvalue weighted by Crippen LogP contribution is -2.24. The summed E-state index contributed by atoms with van der Waals surface area (Å²) in [6.07, 6.45) is 5.74. The Bertz CT molecular complexity index is 179. The lowest BCUT2D eigenvalue weighted by Gasteiger charge is -2.13. The van der Waals surface area contributed by atoms with Crippen LogP contribution in [0.4, 0.5) is 0 Å². The van der Waals surface area contributed by atoms with Gasteiger partial charge in [-0.2, -0.15) is 0 Å². The van der Waals surface area contributed by atoms with Gasteiger partial charge in [0, 0.05) is 19.7 Å². The van der Waals surface area contributed by atoms with Gasteiger partial charge in [0.2, 0.25) is 0 Å². The first-order valence-electron chi connectivity index (χ1n) is 5.13. The summed E-state index contributed by atoms with van der Waals surface area (Å²) in [6, 6.07) is 0. The van der Waals surface area contributed by atoms with E-state index in [9.17, 15) is 0 Å². The molecule has 1 aliphatic carbocycles. The van der Waals surface area contributed by atoms with Gasteiger partial charge in [0.05, 0.1) is 0 Å². The van der Waals surface area contributed by atoms with Crippen LogP contribution in [0, 0.1) is 5.41 Å². The van der Waals surface area contributed by atoms with Crippen LogP contribution in [0.5, 0.6) is 0 Å². The van der Waals surface area contributed by atoms with Crippen molar-refractivity contribution in [2.45, 2.75) is 33.1 Å². The Morgan fingerprint density at radius 3 is 2.62 bits per heavy atom. The lowest BCUT2D eigenvalue weighted by molar-refractivity contribution is 0.246. The van der Waals surface area contributed by atoms with E-state index >= 15 is 0 Å². The fourth-order valence-electron chi connectivity index (χ4n) is 1.54. The molecule has 1 rings (SSSR count). The molecule has 0 heterocycles. The molecule has 2 heteroatoms. The quantitative estimate of drug-likeness (QED) is 0.485. The van der Waals surface area contributed by atoms with Crippen LogP contribution < -0.4 is 5.32 Å². The minimum Gasteiger partial charge on any atom is -0.396 e. The van der Waals surface area contributed by atoms with E-state index in [0.29, 0.717) is 12.0 Å². The molecule has 0 amide bonds. The van der Waals surface area contributed by atoms with Crippen molar-refractivity contribution in [3.63, 3.8) is 0 Å². The third-order valence-corrected chi connectivity index (χ3v) is 2.75. The molecule has 2 nitrogen and oxygen atoms in total. The molecule has 0 atom stereocenters. The van der Waals surface area contributed by atoms with E-state index in [2.05, 4.69) is 25.2 Å². The molecule has 0 unspecified atom stereocenters. The van der Waals surface area contributed by atoms with Crippen LogP contribution in [0.25, 0.3) is 0 Å². The second-order valence-electron chi connectivity index (χ2n) is 4.39. The Balaban J connectivity index is 2.09. The van der Waals surface area contributed by atoms with Crippen LogP contribution in [-0.4, -0.2) is 24.8 Å². The molecule has 0 bridgehead atoms. The van der Waals surface area contributed by atoms with E-state index in [0.717, 1.165) is 19.5 Å². The first-order chi connectivity index (χ1) is 6.18. The zero-order chi connectivity index (χ0) is 9.73. The Labute approximate surface area is 81.0 Å². The normalized spacial score (nSPS) is 18.4. The number of aliphatic hydroxyl groups is 1. The summed E-state index contributed by atoms with van der Waals surface area (Å²) < 4.78 is 0. The summed E-state index contributed by atoms with van der Waals surface area (Å²) in [7, 11) is 0. The molecule has 0 aromatic heterocycles. The number of aliphatic hydroxyl groups excluding tert-OH is 1. The van der Waals surface area contributed by atoms with E-state index in [1.807, 2.05) is 0 Å². The van der Waals surface area contributed by atoms with Crippen molar-refractivity contribution in [3.8, 4) is 0 Å². The van der Waals surface area contributed by atoms with Gasteiger partial charge in [-0.15, -0.1) is 0 Å². The van der Waals surface area contributed by atoms with Crippen LogP contribution in [-0.2, 0) is 0 Å². The number of hydrogen-bond acceptors (Lipinski definition) is 2. The second-order valence-corrected chi connectivity index (χ2v) is 4.39. The van der Waals surface area contributed by atoms with E-state index in [-0.39, 0.29) is 0 Å². The monoisotopic (exact) mass is 183 g/mol. The average molecular weight is 183 g/mol. The van der Waals surface area contributed by atoms with Crippen molar-refractivity contribution >= 4 is 0 Å². The van der Waals surface area contributed by atoms with Gasteiger partial charge in [-0.1, -0.05) is 11.6 Å². The zero-order valence-electron chi connectivity index (χ0n) is 8.77. The van der Waals surface area contributed by atoms with E-state index in [4.69, 9.17) is 5.11 Å². The predicted molar refractivity (Wildman–Crippen MR) is 55.7 cm³/mol. The number of rotatable bonds is 6. The third kappa shape index (κ3) is 3.92. The lowest BCUT2D eigenvalue weighted by atomic mass is 10.0. The Hall–Kier alpha value is -0.340. The summed E-state index contributed by atoms with van der Waals surface area (Å²) in [6.45, 7) is 6.60. The molecule has 0 aliphatic heterocycles. The van der Waals surface area contributed by atoms with Crippen molar-refractivity contribution in [2.24, 2.45) is 5.41 Å². The summed E-state index contributed by atoms with van der Waals surface area (Å²) >= 11 is 0. The van der Waals surface area contributed by atoms with Crippen molar-refractivity contribution < 1.29 is 5.11 Å². The molecular formula is C11H21NO. The maximum absolute atomic E-state index is 8.85. The molecule has 0 radical (unpaired) electrons. The predicted octanol–water partition coefficient (Wildman–Crippen LogP) is 1.70. The maximum Gasteiger partial charge on any atom is 0.0436 e. The first-order valence-corrected chi connectivity index (χ1v) is 5.13. The van der Waals surface area contributed by atoms with Crippen molar-refractivity contribution in [1.82, 2.24) is 5.32 Å². The zero-order valence-corrected chi connectivity index (χ0v) is 8.77. The molecule has 1 saturated carbocycles. The van der Waals surface area contributed by atoms with Gasteiger partial charge in [-0.3, -0.25) is 0 Å². The standard InChI is InChI=1S/C11H21NO/c1-10(2)3-7-12-9-11(4-5-11)6-8-13/h3,12-13H,4-9H2,1-2H3. The fourth-order valence-corrected chi connectivity index (χ4v) is 1.54. The van der Waals surface area contributed by atoms with Gasteiger partial charge in [0.15, 0.2) is 0 Å². The summed E-state index contributed by atoms with van der Waals surface area (Å²) in [5.41, 5.74) is 1.81. The average Bonchev–Trinajstić information content (AvgIpc) is 2.80. The first kappa shape index (κ1) is 10.7. The topological polar surface area (TPSA) is 32.3 Å². The molecule has 76 valence electrons. The Morgan fingerprint density at radius 2 is 2.15 bits per heavy atom. The Morgan fingerprint density at radius 1 is 1.46 bits per heavy atom. The number of hydrogen-bond donors (Lipinski definition) is 2. The highest BCUT2D eigenvalue weighted by Crippen LogP contribution is 2.47. The minimum absolute atomic E-state index is 0.338. The largest absolute Gasteiger partial charge is 0.396 e. The molecule has 0 aromatic carbocycles. The molecule has 13 heavy (non-hydrogen) atoms. The fraction of sp³-hybridized carbons (Fsp3) is 0.818. The smallest absolute Gasteiger partial charge is 0.0436 e. The Kier molecular flexibility index (Phi) is 3.94. The van der Waals surface area contributed by atoms with Crippen LogP contribution in [0.15, 0.2) is 11.6 Å². The SMILES string of the molecule is CC(C)=CCNCC1(CCO)CC1. The number of nitrogens with one attached hydrogen (secondary N) is 1. The van der Waals surface area contributed by atoms with E-state index < -0.39 is 0 Å². The molecule has 0 spiro atoms. The highest BCUT2D eigenvalue weighted by Gasteiger charge is 2.40. The third-order valence-electron chi connectivity index (χ3n) is 2.75. The van der Waals surface area contributed by atoms with Gasteiger partial charge in [0.25, 0.3) is 0 Å². The molecule has 0 aromatic rings. The molecule has 1 aliphatic rings. The van der Waals surface area contributed by atoms with Crippen LogP contribution in [0.2, 0.25) is 0 Å². The summed E-state index contributed by atoms with van der Waals surface area (Å²) in [5.74, 6) is 0. The van der Waals surface area contributed by atoms with Gasteiger partial charge in [0.1, 0.15) is 0 Å². The van der Waals surface area contributed by atoms with Gasteiger partial charge in [-0.05, 0) is 38.5 Å². The van der Waals surface area contributed by atoms with Gasteiger partial charge in [-0.25, -0.2) is 0 Å². The molecular weight excluding hydrogens is 162 g/mol. The van der Waals surface area contributed by atoms with Gasteiger partial charge < -0.3 is 10.4 Å². The summed E-state index contributed by atoms with van der Waals surface area (Å²) in [4.78, 5) is 0. The van der Waals surface area contributed by atoms with Gasteiger partial charge >= 0.3 is 0 Å². The molecule has 0 saturated heterocycles.